The first-order chi connectivity index (χ1) is 2.91. The summed E-state index contributed by atoms with van der Waals surface area (Å²) in [6.45, 7) is 3.55. The fourth-order valence-corrected chi connectivity index (χ4v) is 1.05. The van der Waals surface area contributed by atoms with E-state index >= 15 is 0 Å². The van der Waals surface area contributed by atoms with Gasteiger partial charge >= 0.3 is 0 Å². The van der Waals surface area contributed by atoms with E-state index in [0.717, 1.165) is 5.08 Å². The highest BCUT2D eigenvalue weighted by Crippen LogP contribution is 2.07. The number of thioether (sulfide) groups is 2. The average Bonchev–Trinajstić information content (AvgIpc) is 1.61. The molecule has 0 bridgehead atoms. The van der Waals surface area contributed by atoms with E-state index in [-0.39, 0.29) is 0 Å². The molecule has 0 aromatic rings. The van der Waals surface area contributed by atoms with Crippen LogP contribution >= 0.6 is 23.5 Å². The topological polar surface area (TPSA) is 0 Å². The molecule has 36 valence electrons. The second kappa shape index (κ2) is 5.44. The molecule has 0 aromatic carbocycles. The fraction of sp³-hybridized carbons (Fsp3) is 0.500. The molecular weight excluding hydrogens is 112 g/mol. The lowest BCUT2D eigenvalue weighted by atomic mass is 11.3. The van der Waals surface area contributed by atoms with Gasteiger partial charge in [-0.15, -0.1) is 11.8 Å². The number of hydrogen-bond acceptors (Lipinski definition) is 2. The molecule has 0 aliphatic carbocycles. The molecule has 0 unspecified atom stereocenters. The predicted molar refractivity (Wildman–Crippen MR) is 36.2 cm³/mol. The Morgan fingerprint density at radius 3 is 2.67 bits per heavy atom. The fourth-order valence-electron chi connectivity index (χ4n) is 0.116. The first-order valence-electron chi connectivity index (χ1n) is 1.63. The van der Waals surface area contributed by atoms with E-state index in [1.807, 2.05) is 17.2 Å². The Kier molecular flexibility index (Phi) is 5.84. The van der Waals surface area contributed by atoms with Crippen LogP contribution in [0.4, 0.5) is 0 Å². The molecule has 2 heteroatoms. The van der Waals surface area contributed by atoms with Gasteiger partial charge in [0.15, 0.2) is 0 Å². The van der Waals surface area contributed by atoms with Crippen molar-refractivity contribution in [2.45, 2.75) is 0 Å². The molecule has 0 radical (unpaired) electrons. The summed E-state index contributed by atoms with van der Waals surface area (Å²) in [5.41, 5.74) is 0. The van der Waals surface area contributed by atoms with E-state index in [1.165, 1.54) is 0 Å². The summed E-state index contributed by atoms with van der Waals surface area (Å²) in [6, 6.07) is 0. The smallest absolute Gasteiger partial charge is 0.0430 e. The zero-order chi connectivity index (χ0) is 4.83. The Morgan fingerprint density at radius 1 is 1.83 bits per heavy atom. The van der Waals surface area contributed by atoms with Crippen LogP contribution in [0.25, 0.3) is 0 Å². The van der Waals surface area contributed by atoms with Crippen LogP contribution in [0.1, 0.15) is 0 Å². The Balaban J connectivity index is 2.49. The zero-order valence-electron chi connectivity index (χ0n) is 3.81. The molecule has 0 rings (SSSR count). The molecule has 0 saturated carbocycles. The Labute approximate surface area is 47.4 Å². The SMILES string of the molecule is C=CSCSC. The molecular formula is C4H8S2. The second-order valence-corrected chi connectivity index (χ2v) is 2.93. The van der Waals surface area contributed by atoms with Gasteiger partial charge in [-0.1, -0.05) is 6.58 Å². The lowest BCUT2D eigenvalue weighted by Crippen LogP contribution is -1.55. The van der Waals surface area contributed by atoms with Crippen LogP contribution in [0.2, 0.25) is 0 Å². The Morgan fingerprint density at radius 2 is 2.50 bits per heavy atom. The molecule has 0 saturated heterocycles. The molecule has 0 aromatic heterocycles. The Hall–Kier alpha value is 0.440. The van der Waals surface area contributed by atoms with Gasteiger partial charge in [0.05, 0.1) is 0 Å². The summed E-state index contributed by atoms with van der Waals surface area (Å²) >= 11 is 3.55. The molecule has 0 spiro atoms. The van der Waals surface area contributed by atoms with Crippen LogP contribution in [0.15, 0.2) is 12.0 Å². The minimum atomic E-state index is 1.13. The van der Waals surface area contributed by atoms with Crippen LogP contribution < -0.4 is 0 Å². The quantitative estimate of drug-likeness (QED) is 0.413. The molecule has 0 amide bonds. The molecule has 0 atom stereocenters. The standard InChI is InChI=1S/C4H8S2/c1-3-6-4-5-2/h3H,1,4H2,2H3. The predicted octanol–water partition coefficient (Wildman–Crippen LogP) is 2.18. The van der Waals surface area contributed by atoms with Crippen LogP contribution in [-0.4, -0.2) is 11.3 Å². The highest BCUT2D eigenvalue weighted by Gasteiger charge is 1.71. The van der Waals surface area contributed by atoms with E-state index in [1.54, 1.807) is 11.8 Å². The minimum absolute atomic E-state index is 1.13. The summed E-state index contributed by atoms with van der Waals surface area (Å²) in [5.74, 6) is 0. The molecule has 0 aliphatic rings. The minimum Gasteiger partial charge on any atom is -0.154 e. The van der Waals surface area contributed by atoms with Gasteiger partial charge in [0.25, 0.3) is 0 Å². The van der Waals surface area contributed by atoms with Crippen LogP contribution in [-0.2, 0) is 0 Å². The third kappa shape index (κ3) is 4.44. The van der Waals surface area contributed by atoms with Crippen LogP contribution in [0, 0.1) is 0 Å². The van der Waals surface area contributed by atoms with E-state index < -0.39 is 0 Å². The maximum Gasteiger partial charge on any atom is 0.0430 e. The second-order valence-electron chi connectivity index (χ2n) is 0.740. The van der Waals surface area contributed by atoms with E-state index in [0.29, 0.717) is 0 Å². The highest BCUT2D eigenvalue weighted by atomic mass is 32.2. The average molecular weight is 120 g/mol. The lowest BCUT2D eigenvalue weighted by Gasteiger charge is -1.82. The summed E-state index contributed by atoms with van der Waals surface area (Å²) in [6.07, 6.45) is 2.08. The number of hydrogen-bond donors (Lipinski definition) is 0. The summed E-state index contributed by atoms with van der Waals surface area (Å²) < 4.78 is 0. The van der Waals surface area contributed by atoms with Crippen molar-refractivity contribution in [2.75, 3.05) is 11.3 Å². The van der Waals surface area contributed by atoms with Gasteiger partial charge in [0.1, 0.15) is 0 Å². The maximum atomic E-state index is 3.55. The Bertz CT molecular complexity index is 34.5. The van der Waals surface area contributed by atoms with Crippen molar-refractivity contribution >= 4 is 23.5 Å². The molecule has 0 N–H and O–H groups in total. The van der Waals surface area contributed by atoms with E-state index in [9.17, 15) is 0 Å². The monoisotopic (exact) mass is 120 g/mol. The first kappa shape index (κ1) is 6.44. The van der Waals surface area contributed by atoms with Gasteiger partial charge < -0.3 is 0 Å². The largest absolute Gasteiger partial charge is 0.154 e. The zero-order valence-corrected chi connectivity index (χ0v) is 5.44. The van der Waals surface area contributed by atoms with Crippen LogP contribution in [0.3, 0.4) is 0 Å². The molecule has 0 heterocycles. The summed E-state index contributed by atoms with van der Waals surface area (Å²) in [5, 5.41) is 2.99. The van der Waals surface area contributed by atoms with Crippen LogP contribution in [0.5, 0.6) is 0 Å². The third-order valence-corrected chi connectivity index (χ3v) is 2.03. The van der Waals surface area contributed by atoms with Gasteiger partial charge in [-0.25, -0.2) is 0 Å². The third-order valence-electron chi connectivity index (χ3n) is 0.304. The van der Waals surface area contributed by atoms with Crippen molar-refractivity contribution < 1.29 is 0 Å². The molecule has 0 fully saturated rings. The van der Waals surface area contributed by atoms with Gasteiger partial charge in [0, 0.05) is 5.08 Å². The van der Waals surface area contributed by atoms with Crippen molar-refractivity contribution in [1.82, 2.24) is 0 Å². The van der Waals surface area contributed by atoms with E-state index in [2.05, 4.69) is 12.8 Å². The van der Waals surface area contributed by atoms with Crippen molar-refractivity contribution in [3.63, 3.8) is 0 Å². The molecule has 6 heavy (non-hydrogen) atoms. The van der Waals surface area contributed by atoms with Gasteiger partial charge in [-0.2, -0.15) is 11.8 Å². The summed E-state index contributed by atoms with van der Waals surface area (Å²) in [7, 11) is 0. The number of rotatable bonds is 3. The van der Waals surface area contributed by atoms with E-state index in [4.69, 9.17) is 0 Å². The van der Waals surface area contributed by atoms with Gasteiger partial charge in [-0.3, -0.25) is 0 Å². The van der Waals surface area contributed by atoms with Gasteiger partial charge in [-0.05, 0) is 11.7 Å². The highest BCUT2D eigenvalue weighted by molar-refractivity contribution is 8.17. The van der Waals surface area contributed by atoms with Crippen molar-refractivity contribution in [1.29, 1.82) is 0 Å². The first-order valence-corrected chi connectivity index (χ1v) is 4.07. The maximum absolute atomic E-state index is 3.55. The summed E-state index contributed by atoms with van der Waals surface area (Å²) in [4.78, 5) is 0. The van der Waals surface area contributed by atoms with Crippen molar-refractivity contribution in [2.24, 2.45) is 0 Å². The van der Waals surface area contributed by atoms with Crippen molar-refractivity contribution in [3.8, 4) is 0 Å². The normalized spacial score (nSPS) is 8.17. The molecule has 0 aliphatic heterocycles. The van der Waals surface area contributed by atoms with Gasteiger partial charge in [0.2, 0.25) is 0 Å². The van der Waals surface area contributed by atoms with Crippen molar-refractivity contribution in [3.05, 3.63) is 12.0 Å². The molecule has 0 nitrogen and oxygen atoms in total. The lowest BCUT2D eigenvalue weighted by molar-refractivity contribution is 2.23.